The Kier molecular flexibility index (Phi) is 3.47. The minimum absolute atomic E-state index is 0.0113. The van der Waals surface area contributed by atoms with E-state index < -0.39 is 5.91 Å². The number of benzene rings is 1. The number of carbonyl (C=O) groups excluding carboxylic acids is 1. The third kappa shape index (κ3) is 2.97. The highest BCUT2D eigenvalue weighted by Gasteiger charge is 2.14. The number of oxazole rings is 1. The molecule has 0 saturated heterocycles. The topological polar surface area (TPSA) is 68.0 Å². The molecule has 1 aromatic carbocycles. The first-order chi connectivity index (χ1) is 10.2. The van der Waals surface area contributed by atoms with Crippen molar-refractivity contribution >= 4 is 11.7 Å². The number of aryl methyl sites for hydroxylation is 1. The second kappa shape index (κ2) is 5.58. The molecule has 0 fully saturated rings. The Morgan fingerprint density at radius 1 is 1.10 bits per heavy atom. The quantitative estimate of drug-likeness (QED) is 0.798. The normalized spacial score (nSPS) is 10.3. The monoisotopic (exact) mass is 279 g/mol. The molecule has 0 bridgehead atoms. The summed E-state index contributed by atoms with van der Waals surface area (Å²) in [6.45, 7) is 1.86. The van der Waals surface area contributed by atoms with Crippen LogP contribution >= 0.6 is 0 Å². The molecular formula is C16H13N3O2. The van der Waals surface area contributed by atoms with Crippen LogP contribution in [0.15, 0.2) is 59.1 Å². The third-order valence-electron chi connectivity index (χ3n) is 2.89. The summed E-state index contributed by atoms with van der Waals surface area (Å²) in [4.78, 5) is 20.3. The number of carbonyl (C=O) groups is 1. The van der Waals surface area contributed by atoms with Crippen molar-refractivity contribution in [1.82, 2.24) is 9.97 Å². The Bertz CT molecular complexity index is 766. The van der Waals surface area contributed by atoms with Crippen molar-refractivity contribution in [2.24, 2.45) is 0 Å². The molecule has 5 heteroatoms. The predicted octanol–water partition coefficient (Wildman–Crippen LogP) is 3.30. The van der Waals surface area contributed by atoms with Crippen molar-refractivity contribution < 1.29 is 9.21 Å². The number of rotatable bonds is 3. The highest BCUT2D eigenvalue weighted by molar-refractivity contribution is 6.00. The van der Waals surface area contributed by atoms with Crippen LogP contribution in [0.3, 0.4) is 0 Å². The van der Waals surface area contributed by atoms with E-state index in [1.807, 2.05) is 49.4 Å². The maximum Gasteiger partial charge on any atom is 0.312 e. The van der Waals surface area contributed by atoms with Crippen LogP contribution in [0.2, 0.25) is 0 Å². The van der Waals surface area contributed by atoms with Crippen LogP contribution in [0, 0.1) is 6.92 Å². The van der Waals surface area contributed by atoms with Crippen molar-refractivity contribution in [2.75, 3.05) is 5.32 Å². The SMILES string of the molecule is Cc1cccc(NC(=O)c2ncc(-c3ccccc3)o2)n1. The Balaban J connectivity index is 1.78. The first kappa shape index (κ1) is 13.1. The molecule has 0 atom stereocenters. The standard InChI is InChI=1S/C16H13N3O2/c1-11-6-5-9-14(18-11)19-15(20)16-17-10-13(21-16)12-7-3-2-4-8-12/h2-10H,1H3,(H,18,19,20). The summed E-state index contributed by atoms with van der Waals surface area (Å²) >= 11 is 0. The molecular weight excluding hydrogens is 266 g/mol. The predicted molar refractivity (Wildman–Crippen MR) is 78.9 cm³/mol. The van der Waals surface area contributed by atoms with Crippen LogP contribution < -0.4 is 5.32 Å². The van der Waals surface area contributed by atoms with Crippen molar-refractivity contribution in [3.8, 4) is 11.3 Å². The number of aromatic nitrogens is 2. The summed E-state index contributed by atoms with van der Waals surface area (Å²) in [5.74, 6) is 0.616. The molecule has 3 aromatic rings. The molecule has 2 aromatic heterocycles. The number of nitrogens with zero attached hydrogens (tertiary/aromatic N) is 2. The van der Waals surface area contributed by atoms with Gasteiger partial charge in [0.1, 0.15) is 5.82 Å². The van der Waals surface area contributed by atoms with Gasteiger partial charge >= 0.3 is 5.91 Å². The van der Waals surface area contributed by atoms with E-state index in [-0.39, 0.29) is 5.89 Å². The van der Waals surface area contributed by atoms with Gasteiger partial charge < -0.3 is 9.73 Å². The summed E-state index contributed by atoms with van der Waals surface area (Å²) < 4.78 is 5.48. The molecule has 1 N–H and O–H groups in total. The lowest BCUT2D eigenvalue weighted by Crippen LogP contribution is -2.13. The summed E-state index contributed by atoms with van der Waals surface area (Å²) in [5.41, 5.74) is 1.70. The summed E-state index contributed by atoms with van der Waals surface area (Å²) in [6, 6.07) is 14.9. The molecule has 0 aliphatic heterocycles. The highest BCUT2D eigenvalue weighted by atomic mass is 16.4. The maximum absolute atomic E-state index is 12.1. The molecule has 0 unspecified atom stereocenters. The molecule has 3 rings (SSSR count). The van der Waals surface area contributed by atoms with E-state index in [0.717, 1.165) is 11.3 Å². The van der Waals surface area contributed by atoms with Crippen LogP contribution in [0.25, 0.3) is 11.3 Å². The van der Waals surface area contributed by atoms with E-state index >= 15 is 0 Å². The lowest BCUT2D eigenvalue weighted by Gasteiger charge is -2.02. The fourth-order valence-corrected chi connectivity index (χ4v) is 1.90. The Morgan fingerprint density at radius 3 is 2.67 bits per heavy atom. The summed E-state index contributed by atoms with van der Waals surface area (Å²) in [5, 5.41) is 2.66. The number of nitrogens with one attached hydrogen (secondary N) is 1. The highest BCUT2D eigenvalue weighted by Crippen LogP contribution is 2.20. The van der Waals surface area contributed by atoms with Gasteiger partial charge in [-0.3, -0.25) is 4.79 Å². The summed E-state index contributed by atoms with van der Waals surface area (Å²) in [6.07, 6.45) is 1.54. The Labute approximate surface area is 121 Å². The molecule has 0 aliphatic carbocycles. The lowest BCUT2D eigenvalue weighted by atomic mass is 10.2. The zero-order valence-electron chi connectivity index (χ0n) is 11.4. The van der Waals surface area contributed by atoms with E-state index in [9.17, 15) is 4.79 Å². The minimum Gasteiger partial charge on any atom is -0.432 e. The van der Waals surface area contributed by atoms with E-state index in [2.05, 4.69) is 15.3 Å². The average molecular weight is 279 g/mol. The Morgan fingerprint density at radius 2 is 1.90 bits per heavy atom. The van der Waals surface area contributed by atoms with E-state index in [0.29, 0.717) is 11.6 Å². The molecule has 5 nitrogen and oxygen atoms in total. The lowest BCUT2D eigenvalue weighted by molar-refractivity contribution is 0.0990. The summed E-state index contributed by atoms with van der Waals surface area (Å²) in [7, 11) is 0. The van der Waals surface area contributed by atoms with E-state index in [1.165, 1.54) is 6.20 Å². The van der Waals surface area contributed by atoms with Crippen LogP contribution in [-0.4, -0.2) is 15.9 Å². The van der Waals surface area contributed by atoms with Gasteiger partial charge in [0.05, 0.1) is 6.20 Å². The zero-order valence-corrected chi connectivity index (χ0v) is 11.4. The number of pyridine rings is 1. The zero-order chi connectivity index (χ0) is 14.7. The fraction of sp³-hybridized carbons (Fsp3) is 0.0625. The van der Waals surface area contributed by atoms with Crippen LogP contribution in [0.5, 0.6) is 0 Å². The molecule has 1 amide bonds. The van der Waals surface area contributed by atoms with Crippen molar-refractivity contribution in [3.63, 3.8) is 0 Å². The van der Waals surface area contributed by atoms with Gasteiger partial charge in [-0.15, -0.1) is 0 Å². The molecule has 0 spiro atoms. The molecule has 104 valence electrons. The maximum atomic E-state index is 12.1. The van der Waals surface area contributed by atoms with Crippen LogP contribution in [-0.2, 0) is 0 Å². The van der Waals surface area contributed by atoms with Crippen molar-refractivity contribution in [1.29, 1.82) is 0 Å². The second-order valence-corrected chi connectivity index (χ2v) is 4.51. The Hall–Kier alpha value is -2.95. The first-order valence-corrected chi connectivity index (χ1v) is 6.48. The number of anilines is 1. The van der Waals surface area contributed by atoms with Gasteiger partial charge in [-0.05, 0) is 19.1 Å². The van der Waals surface area contributed by atoms with E-state index in [1.54, 1.807) is 6.07 Å². The van der Waals surface area contributed by atoms with Gasteiger partial charge in [0.15, 0.2) is 5.76 Å². The minimum atomic E-state index is -0.421. The van der Waals surface area contributed by atoms with Gasteiger partial charge in [-0.2, -0.15) is 0 Å². The van der Waals surface area contributed by atoms with Crippen LogP contribution in [0.1, 0.15) is 16.4 Å². The number of amides is 1. The second-order valence-electron chi connectivity index (χ2n) is 4.51. The van der Waals surface area contributed by atoms with Gasteiger partial charge in [0, 0.05) is 11.3 Å². The molecule has 0 aliphatic rings. The van der Waals surface area contributed by atoms with Gasteiger partial charge in [0.2, 0.25) is 0 Å². The van der Waals surface area contributed by atoms with Gasteiger partial charge in [0.25, 0.3) is 5.89 Å². The number of hydrogen-bond donors (Lipinski definition) is 1. The molecule has 21 heavy (non-hydrogen) atoms. The van der Waals surface area contributed by atoms with Crippen molar-refractivity contribution in [2.45, 2.75) is 6.92 Å². The third-order valence-corrected chi connectivity index (χ3v) is 2.89. The largest absolute Gasteiger partial charge is 0.432 e. The van der Waals surface area contributed by atoms with Crippen molar-refractivity contribution in [3.05, 3.63) is 66.3 Å². The average Bonchev–Trinajstić information content (AvgIpc) is 2.98. The molecule has 0 saturated carbocycles. The molecule has 2 heterocycles. The molecule has 0 radical (unpaired) electrons. The fourth-order valence-electron chi connectivity index (χ4n) is 1.90. The van der Waals surface area contributed by atoms with E-state index in [4.69, 9.17) is 4.42 Å². The number of hydrogen-bond acceptors (Lipinski definition) is 4. The smallest absolute Gasteiger partial charge is 0.312 e. The van der Waals surface area contributed by atoms with Gasteiger partial charge in [-0.25, -0.2) is 9.97 Å². The van der Waals surface area contributed by atoms with Crippen LogP contribution in [0.4, 0.5) is 5.82 Å². The van der Waals surface area contributed by atoms with Gasteiger partial charge in [-0.1, -0.05) is 36.4 Å². The first-order valence-electron chi connectivity index (χ1n) is 6.48.